The van der Waals surface area contributed by atoms with Crippen LogP contribution >= 0.6 is 15.9 Å². The summed E-state index contributed by atoms with van der Waals surface area (Å²) >= 11 is 2.71. The van der Waals surface area contributed by atoms with Crippen molar-refractivity contribution in [1.29, 1.82) is 0 Å². The van der Waals surface area contributed by atoms with Crippen molar-refractivity contribution in [3.63, 3.8) is 0 Å². The van der Waals surface area contributed by atoms with E-state index in [0.717, 1.165) is 12.1 Å². The lowest BCUT2D eigenvalue weighted by atomic mass is 10.2. The van der Waals surface area contributed by atoms with Gasteiger partial charge < -0.3 is 14.9 Å². The molecule has 1 rings (SSSR count). The smallest absolute Gasteiger partial charge is 0.416 e. The van der Waals surface area contributed by atoms with Gasteiger partial charge in [-0.25, -0.2) is 4.79 Å². The standard InChI is InChI=1S/C11H9BrF3N3O4/c1-2-22-10(19)9(12)16-17(18(20)21)8-5-3-7(4-6-8)11(13,14)15/h3-6H,2H2,1H3. The summed E-state index contributed by atoms with van der Waals surface area (Å²) in [6, 6.07) is 3.06. The van der Waals surface area contributed by atoms with Crippen molar-refractivity contribution in [2.45, 2.75) is 13.1 Å². The summed E-state index contributed by atoms with van der Waals surface area (Å²) in [6.45, 7) is 1.56. The summed E-state index contributed by atoms with van der Waals surface area (Å²) in [4.78, 5) is 22.2. The van der Waals surface area contributed by atoms with E-state index in [2.05, 4.69) is 25.8 Å². The van der Waals surface area contributed by atoms with Crippen LogP contribution in [0.3, 0.4) is 0 Å². The largest absolute Gasteiger partial charge is 0.459 e. The van der Waals surface area contributed by atoms with Gasteiger partial charge in [0, 0.05) is 21.0 Å². The molecule has 7 nitrogen and oxygen atoms in total. The molecule has 0 aromatic heterocycles. The zero-order valence-corrected chi connectivity index (χ0v) is 12.6. The van der Waals surface area contributed by atoms with Crippen LogP contribution in [0, 0.1) is 10.1 Å². The Morgan fingerprint density at radius 1 is 1.41 bits per heavy atom. The van der Waals surface area contributed by atoms with Gasteiger partial charge in [0.25, 0.3) is 0 Å². The SMILES string of the molecule is CCOC(=O)C(Br)=NN(c1ccc(C(F)(F)F)cc1)[N+](=O)[O-]. The molecule has 0 unspecified atom stereocenters. The maximum atomic E-state index is 12.4. The molecule has 0 aliphatic rings. The molecule has 0 amide bonds. The fourth-order valence-electron chi connectivity index (χ4n) is 1.29. The fourth-order valence-corrected chi connectivity index (χ4v) is 1.55. The van der Waals surface area contributed by atoms with Crippen LogP contribution in [0.1, 0.15) is 12.5 Å². The van der Waals surface area contributed by atoms with Crippen molar-refractivity contribution >= 4 is 32.2 Å². The Morgan fingerprint density at radius 3 is 2.36 bits per heavy atom. The number of hydrogen-bond acceptors (Lipinski definition) is 5. The maximum Gasteiger partial charge on any atom is 0.416 e. The maximum absolute atomic E-state index is 12.4. The molecule has 11 heteroatoms. The average Bonchev–Trinajstić information content (AvgIpc) is 2.43. The van der Waals surface area contributed by atoms with Gasteiger partial charge in [0.2, 0.25) is 0 Å². The number of carbonyl (C=O) groups excluding carboxylic acids is 1. The van der Waals surface area contributed by atoms with Crippen molar-refractivity contribution in [1.82, 2.24) is 0 Å². The quantitative estimate of drug-likeness (QED) is 0.337. The van der Waals surface area contributed by atoms with Crippen molar-refractivity contribution in [3.8, 4) is 0 Å². The highest BCUT2D eigenvalue weighted by Crippen LogP contribution is 2.30. The number of ether oxygens (including phenoxy) is 1. The van der Waals surface area contributed by atoms with Gasteiger partial charge in [-0.1, -0.05) is 0 Å². The highest BCUT2D eigenvalue weighted by Gasteiger charge is 2.31. The molecule has 1 aromatic carbocycles. The third-order valence-electron chi connectivity index (χ3n) is 2.21. The zero-order chi connectivity index (χ0) is 16.9. The summed E-state index contributed by atoms with van der Waals surface area (Å²) in [5.74, 6) is -0.943. The number of halogens is 4. The molecule has 120 valence electrons. The van der Waals surface area contributed by atoms with Crippen LogP contribution in [-0.2, 0) is 15.7 Å². The molecule has 0 heterocycles. The molecule has 22 heavy (non-hydrogen) atoms. The lowest BCUT2D eigenvalue weighted by molar-refractivity contribution is -0.495. The number of hydrazone groups is 1. The van der Waals surface area contributed by atoms with E-state index >= 15 is 0 Å². The Bertz CT molecular complexity index is 589. The predicted molar refractivity (Wildman–Crippen MR) is 73.9 cm³/mol. The van der Waals surface area contributed by atoms with Gasteiger partial charge in [0.15, 0.2) is 0 Å². The second kappa shape index (κ2) is 7.20. The van der Waals surface area contributed by atoms with Crippen molar-refractivity contribution in [3.05, 3.63) is 39.9 Å². The molecule has 1 aromatic rings. The Kier molecular flexibility index (Phi) is 5.85. The minimum Gasteiger partial charge on any atom is -0.459 e. The van der Waals surface area contributed by atoms with E-state index in [0.29, 0.717) is 12.1 Å². The van der Waals surface area contributed by atoms with Gasteiger partial charge in [0.1, 0.15) is 5.69 Å². The summed E-state index contributed by atoms with van der Waals surface area (Å²) < 4.78 is 41.4. The number of rotatable bonds is 5. The Morgan fingerprint density at radius 2 is 1.95 bits per heavy atom. The van der Waals surface area contributed by atoms with E-state index in [9.17, 15) is 28.1 Å². The van der Waals surface area contributed by atoms with Gasteiger partial charge in [-0.15, -0.1) is 0 Å². The van der Waals surface area contributed by atoms with Crippen LogP contribution in [0.4, 0.5) is 18.9 Å². The molecule has 0 aliphatic carbocycles. The summed E-state index contributed by atoms with van der Waals surface area (Å²) in [6.07, 6.45) is -4.56. The van der Waals surface area contributed by atoms with Crippen molar-refractivity contribution in [2.24, 2.45) is 5.10 Å². The molecule has 0 saturated heterocycles. The first-order valence-corrected chi connectivity index (χ1v) is 6.49. The number of benzene rings is 1. The monoisotopic (exact) mass is 383 g/mol. The van der Waals surface area contributed by atoms with E-state index in [1.165, 1.54) is 6.92 Å². The normalized spacial score (nSPS) is 12.0. The third kappa shape index (κ3) is 4.69. The Balaban J connectivity index is 3.09. The zero-order valence-electron chi connectivity index (χ0n) is 11.0. The molecule has 0 spiro atoms. The fraction of sp³-hybridized carbons (Fsp3) is 0.273. The molecule has 0 fully saturated rings. The summed E-state index contributed by atoms with van der Waals surface area (Å²) in [5.41, 5.74) is -1.23. The van der Waals surface area contributed by atoms with Gasteiger partial charge in [0.05, 0.1) is 22.3 Å². The van der Waals surface area contributed by atoms with E-state index in [-0.39, 0.29) is 17.4 Å². The first kappa shape index (κ1) is 17.9. The number of hydrogen-bond donors (Lipinski definition) is 0. The first-order valence-electron chi connectivity index (χ1n) is 5.69. The molecule has 0 N–H and O–H groups in total. The summed E-state index contributed by atoms with van der Waals surface area (Å²) in [7, 11) is 0. The van der Waals surface area contributed by atoms with Crippen LogP contribution < -0.4 is 5.12 Å². The minimum absolute atomic E-state index is 0.0300. The number of anilines is 1. The van der Waals surface area contributed by atoms with Gasteiger partial charge in [-0.3, -0.25) is 0 Å². The van der Waals surface area contributed by atoms with E-state index < -0.39 is 27.4 Å². The van der Waals surface area contributed by atoms with Crippen LogP contribution in [0.15, 0.2) is 29.4 Å². The topological polar surface area (TPSA) is 85.0 Å². The van der Waals surface area contributed by atoms with E-state index in [4.69, 9.17) is 0 Å². The number of hydrazine groups is 1. The lowest BCUT2D eigenvalue weighted by Crippen LogP contribution is -2.27. The second-order valence-corrected chi connectivity index (χ2v) is 4.43. The lowest BCUT2D eigenvalue weighted by Gasteiger charge is -2.11. The van der Waals surface area contributed by atoms with Gasteiger partial charge >= 0.3 is 16.8 Å². The first-order chi connectivity index (χ1) is 10.2. The number of nitrogens with zero attached hydrogens (tertiary/aromatic N) is 3. The third-order valence-corrected chi connectivity index (χ3v) is 2.69. The van der Waals surface area contributed by atoms with E-state index in [1.54, 1.807) is 0 Å². The Hall–Kier alpha value is -2.17. The minimum atomic E-state index is -4.56. The molecule has 0 atom stereocenters. The van der Waals surface area contributed by atoms with E-state index in [1.807, 2.05) is 0 Å². The van der Waals surface area contributed by atoms with Crippen molar-refractivity contribution in [2.75, 3.05) is 11.7 Å². The average molecular weight is 384 g/mol. The molecule has 0 saturated carbocycles. The highest BCUT2D eigenvalue weighted by molar-refractivity contribution is 9.19. The number of carbonyl (C=O) groups is 1. The summed E-state index contributed by atoms with van der Waals surface area (Å²) in [5, 5.41) is 13.5. The van der Waals surface area contributed by atoms with Gasteiger partial charge in [-0.05, 0) is 31.2 Å². The van der Waals surface area contributed by atoms with Crippen LogP contribution in [0.5, 0.6) is 0 Å². The molecular weight excluding hydrogens is 375 g/mol. The number of esters is 1. The van der Waals surface area contributed by atoms with Crippen molar-refractivity contribution < 1.29 is 27.7 Å². The molecule has 0 bridgehead atoms. The number of nitro groups is 1. The number of alkyl halides is 3. The highest BCUT2D eigenvalue weighted by atomic mass is 79.9. The Labute approximate surface area is 130 Å². The molecule has 0 aliphatic heterocycles. The van der Waals surface area contributed by atoms with Crippen LogP contribution in [-0.4, -0.2) is 22.2 Å². The predicted octanol–water partition coefficient (Wildman–Crippen LogP) is 2.98. The van der Waals surface area contributed by atoms with Crippen LogP contribution in [0.25, 0.3) is 0 Å². The molecular formula is C11H9BrF3N3O4. The second-order valence-electron chi connectivity index (χ2n) is 3.68. The molecule has 0 radical (unpaired) electrons. The van der Waals surface area contributed by atoms with Gasteiger partial charge in [-0.2, -0.15) is 13.2 Å². The van der Waals surface area contributed by atoms with Crippen LogP contribution in [0.2, 0.25) is 0 Å².